The van der Waals surface area contributed by atoms with Crippen LogP contribution >= 0.6 is 0 Å². The Balaban J connectivity index is 1.87. The van der Waals surface area contributed by atoms with Crippen LogP contribution in [-0.2, 0) is 0 Å². The molecule has 3 N–H and O–H groups in total. The molecule has 94 valence electrons. The van der Waals surface area contributed by atoms with Crippen molar-refractivity contribution >= 4 is 0 Å². The molecule has 1 aliphatic carbocycles. The van der Waals surface area contributed by atoms with E-state index in [0.717, 1.165) is 11.7 Å². The Bertz CT molecular complexity index is 348. The van der Waals surface area contributed by atoms with Crippen molar-refractivity contribution in [3.63, 3.8) is 0 Å². The summed E-state index contributed by atoms with van der Waals surface area (Å²) in [5, 5.41) is 9.34. The highest BCUT2D eigenvalue weighted by atomic mass is 16.5. The van der Waals surface area contributed by atoms with Crippen molar-refractivity contribution in [2.45, 2.75) is 25.7 Å². The van der Waals surface area contributed by atoms with Gasteiger partial charge >= 0.3 is 0 Å². The Morgan fingerprint density at radius 2 is 2.12 bits per heavy atom. The van der Waals surface area contributed by atoms with Gasteiger partial charge in [-0.15, -0.1) is 0 Å². The lowest BCUT2D eigenvalue weighted by Crippen LogP contribution is -2.27. The van der Waals surface area contributed by atoms with Crippen molar-refractivity contribution in [2.24, 2.45) is 17.6 Å². The van der Waals surface area contributed by atoms with Gasteiger partial charge in [0.15, 0.2) is 0 Å². The zero-order valence-corrected chi connectivity index (χ0v) is 10.1. The first kappa shape index (κ1) is 12.2. The maximum atomic E-state index is 9.34. The fraction of sp³-hybridized carbons (Fsp3) is 0.571. The normalized spacial score (nSPS) is 18.2. The predicted molar refractivity (Wildman–Crippen MR) is 68.1 cm³/mol. The van der Waals surface area contributed by atoms with Gasteiger partial charge in [-0.3, -0.25) is 0 Å². The van der Waals surface area contributed by atoms with Crippen LogP contribution in [0.1, 0.15) is 25.7 Å². The molecule has 1 aliphatic rings. The van der Waals surface area contributed by atoms with Crippen LogP contribution < -0.4 is 10.5 Å². The molecule has 1 unspecified atom stereocenters. The van der Waals surface area contributed by atoms with Crippen LogP contribution in [0.2, 0.25) is 0 Å². The summed E-state index contributed by atoms with van der Waals surface area (Å²) in [7, 11) is 0. The molecule has 1 aromatic carbocycles. The molecule has 1 atom stereocenters. The number of phenols is 1. The average Bonchev–Trinajstić information content (AvgIpc) is 2.84. The summed E-state index contributed by atoms with van der Waals surface area (Å²) in [6.07, 6.45) is 5.22. The van der Waals surface area contributed by atoms with E-state index in [4.69, 9.17) is 10.5 Å². The zero-order chi connectivity index (χ0) is 12.1. The second kappa shape index (κ2) is 5.92. The van der Waals surface area contributed by atoms with Crippen LogP contribution in [0.4, 0.5) is 0 Å². The Morgan fingerprint density at radius 3 is 2.76 bits per heavy atom. The van der Waals surface area contributed by atoms with Gasteiger partial charge in [0, 0.05) is 12.0 Å². The number of ether oxygens (including phenoxy) is 1. The van der Waals surface area contributed by atoms with E-state index >= 15 is 0 Å². The van der Waals surface area contributed by atoms with Crippen LogP contribution in [0, 0.1) is 11.8 Å². The quantitative estimate of drug-likeness (QED) is 0.824. The Kier molecular flexibility index (Phi) is 4.26. The lowest BCUT2D eigenvalue weighted by molar-refractivity contribution is 0.199. The van der Waals surface area contributed by atoms with E-state index in [2.05, 4.69) is 0 Å². The molecular weight excluding hydrogens is 214 g/mol. The molecule has 0 bridgehead atoms. The van der Waals surface area contributed by atoms with E-state index in [9.17, 15) is 5.11 Å². The highest BCUT2D eigenvalue weighted by Gasteiger charge is 2.24. The van der Waals surface area contributed by atoms with Crippen molar-refractivity contribution in [1.82, 2.24) is 0 Å². The largest absolute Gasteiger partial charge is 0.508 e. The molecule has 1 saturated carbocycles. The third-order valence-electron chi connectivity index (χ3n) is 3.65. The lowest BCUT2D eigenvalue weighted by atomic mass is 9.92. The summed E-state index contributed by atoms with van der Waals surface area (Å²) in [4.78, 5) is 0. The molecule has 3 nitrogen and oxygen atoms in total. The maximum Gasteiger partial charge on any atom is 0.122 e. The Labute approximate surface area is 103 Å². The number of benzene rings is 1. The molecule has 3 heteroatoms. The van der Waals surface area contributed by atoms with Crippen molar-refractivity contribution < 1.29 is 9.84 Å². The van der Waals surface area contributed by atoms with Gasteiger partial charge in [0.1, 0.15) is 11.5 Å². The van der Waals surface area contributed by atoms with Crippen LogP contribution in [0.25, 0.3) is 0 Å². The minimum absolute atomic E-state index is 0.243. The highest BCUT2D eigenvalue weighted by molar-refractivity contribution is 5.31. The Hall–Kier alpha value is -1.22. The van der Waals surface area contributed by atoms with E-state index in [1.54, 1.807) is 18.2 Å². The number of hydrogen-bond acceptors (Lipinski definition) is 3. The zero-order valence-electron chi connectivity index (χ0n) is 10.1. The summed E-state index contributed by atoms with van der Waals surface area (Å²) >= 11 is 0. The van der Waals surface area contributed by atoms with Crippen molar-refractivity contribution in [3.8, 4) is 11.5 Å². The van der Waals surface area contributed by atoms with Crippen molar-refractivity contribution in [2.75, 3.05) is 13.2 Å². The molecule has 2 rings (SSSR count). The molecule has 0 saturated heterocycles. The van der Waals surface area contributed by atoms with Gasteiger partial charge in [0.05, 0.1) is 6.61 Å². The van der Waals surface area contributed by atoms with Crippen LogP contribution in [0.15, 0.2) is 24.3 Å². The molecular formula is C14H21NO2. The molecule has 0 heterocycles. The molecule has 17 heavy (non-hydrogen) atoms. The Morgan fingerprint density at radius 1 is 1.35 bits per heavy atom. The first-order valence-electron chi connectivity index (χ1n) is 6.41. The summed E-state index contributed by atoms with van der Waals surface area (Å²) in [5.41, 5.74) is 5.82. The molecule has 0 aliphatic heterocycles. The first-order chi connectivity index (χ1) is 8.29. The average molecular weight is 235 g/mol. The molecule has 0 spiro atoms. The SMILES string of the molecule is NCC(COc1cccc(O)c1)C1CCCC1. The van der Waals surface area contributed by atoms with Crippen molar-refractivity contribution in [1.29, 1.82) is 0 Å². The number of nitrogens with two attached hydrogens (primary N) is 1. The third-order valence-corrected chi connectivity index (χ3v) is 3.65. The van der Waals surface area contributed by atoms with Crippen LogP contribution in [0.3, 0.4) is 0 Å². The van der Waals surface area contributed by atoms with E-state index in [-0.39, 0.29) is 5.75 Å². The topological polar surface area (TPSA) is 55.5 Å². The number of rotatable bonds is 5. The van der Waals surface area contributed by atoms with E-state index < -0.39 is 0 Å². The summed E-state index contributed by atoms with van der Waals surface area (Å²) in [5.74, 6) is 2.13. The fourth-order valence-corrected chi connectivity index (χ4v) is 2.60. The standard InChI is InChI=1S/C14H21NO2/c15-9-12(11-4-1-2-5-11)10-17-14-7-3-6-13(16)8-14/h3,6-8,11-12,16H,1-2,4-5,9-10,15H2. The minimum atomic E-state index is 0.243. The summed E-state index contributed by atoms with van der Waals surface area (Å²) in [6, 6.07) is 6.94. The summed E-state index contributed by atoms with van der Waals surface area (Å²) in [6.45, 7) is 1.34. The van der Waals surface area contributed by atoms with Gasteiger partial charge in [-0.1, -0.05) is 31.7 Å². The smallest absolute Gasteiger partial charge is 0.122 e. The first-order valence-corrected chi connectivity index (χ1v) is 6.41. The lowest BCUT2D eigenvalue weighted by Gasteiger charge is -2.21. The number of hydrogen-bond donors (Lipinski definition) is 2. The van der Waals surface area contributed by atoms with E-state index in [0.29, 0.717) is 19.1 Å². The van der Waals surface area contributed by atoms with E-state index in [1.807, 2.05) is 6.07 Å². The van der Waals surface area contributed by atoms with Crippen LogP contribution in [0.5, 0.6) is 11.5 Å². The predicted octanol–water partition coefficient (Wildman–Crippen LogP) is 2.54. The third kappa shape index (κ3) is 3.37. The van der Waals surface area contributed by atoms with Gasteiger partial charge in [0.25, 0.3) is 0 Å². The fourth-order valence-electron chi connectivity index (χ4n) is 2.60. The van der Waals surface area contributed by atoms with Crippen molar-refractivity contribution in [3.05, 3.63) is 24.3 Å². The van der Waals surface area contributed by atoms with Gasteiger partial charge < -0.3 is 15.6 Å². The molecule has 1 fully saturated rings. The van der Waals surface area contributed by atoms with Gasteiger partial charge in [-0.2, -0.15) is 0 Å². The second-order valence-electron chi connectivity index (χ2n) is 4.85. The monoisotopic (exact) mass is 235 g/mol. The molecule has 0 amide bonds. The summed E-state index contributed by atoms with van der Waals surface area (Å²) < 4.78 is 5.71. The second-order valence-corrected chi connectivity index (χ2v) is 4.85. The molecule has 1 aromatic rings. The van der Waals surface area contributed by atoms with Crippen LogP contribution in [-0.4, -0.2) is 18.3 Å². The highest BCUT2D eigenvalue weighted by Crippen LogP contribution is 2.31. The van der Waals surface area contributed by atoms with E-state index in [1.165, 1.54) is 25.7 Å². The number of aromatic hydroxyl groups is 1. The molecule has 0 aromatic heterocycles. The van der Waals surface area contributed by atoms with Gasteiger partial charge in [0.2, 0.25) is 0 Å². The van der Waals surface area contributed by atoms with Gasteiger partial charge in [-0.05, 0) is 24.6 Å². The molecule has 0 radical (unpaired) electrons. The van der Waals surface area contributed by atoms with Gasteiger partial charge in [-0.25, -0.2) is 0 Å². The maximum absolute atomic E-state index is 9.34. The number of phenolic OH excluding ortho intramolecular Hbond substituents is 1. The minimum Gasteiger partial charge on any atom is -0.508 e.